The number of rotatable bonds is 6. The maximum atomic E-state index is 5.90. The minimum absolute atomic E-state index is 0.0822. The Morgan fingerprint density at radius 1 is 1.47 bits per heavy atom. The lowest BCUT2D eigenvalue weighted by Gasteiger charge is -2.42. The first-order chi connectivity index (χ1) is 7.93. The van der Waals surface area contributed by atoms with Crippen LogP contribution in [0.1, 0.15) is 34.1 Å². The third-order valence-electron chi connectivity index (χ3n) is 2.88. The third-order valence-corrected chi connectivity index (χ3v) is 2.88. The minimum atomic E-state index is -0.0822. The van der Waals surface area contributed by atoms with Crippen molar-refractivity contribution >= 4 is 0 Å². The average molecular weight is 244 g/mol. The third kappa shape index (κ3) is 5.82. The molecule has 1 aliphatic heterocycles. The van der Waals surface area contributed by atoms with Crippen LogP contribution in [0.25, 0.3) is 0 Å². The zero-order valence-corrected chi connectivity index (χ0v) is 11.7. The van der Waals surface area contributed by atoms with E-state index in [1.807, 2.05) is 0 Å². The van der Waals surface area contributed by atoms with Gasteiger partial charge >= 0.3 is 0 Å². The Labute approximate surface area is 105 Å². The standard InChI is InChI=1S/C13H28N2O2/c1-11(2)16-7-5-6-15-9-12(8-14)17-13(3,4)10-15/h11-12H,5-10,14H2,1-4H3. The molecule has 0 spiro atoms. The molecule has 4 nitrogen and oxygen atoms in total. The van der Waals surface area contributed by atoms with Gasteiger partial charge in [0.15, 0.2) is 0 Å². The highest BCUT2D eigenvalue weighted by molar-refractivity contribution is 4.84. The second kappa shape index (κ2) is 6.69. The first-order valence-electron chi connectivity index (χ1n) is 6.65. The van der Waals surface area contributed by atoms with Crippen LogP contribution in [0.4, 0.5) is 0 Å². The first-order valence-corrected chi connectivity index (χ1v) is 6.65. The number of nitrogens with two attached hydrogens (primary N) is 1. The SMILES string of the molecule is CC(C)OCCCN1CC(CN)OC(C)(C)C1. The van der Waals surface area contributed by atoms with E-state index in [1.165, 1.54) is 0 Å². The summed E-state index contributed by atoms with van der Waals surface area (Å²) in [6.07, 6.45) is 1.57. The summed E-state index contributed by atoms with van der Waals surface area (Å²) in [5.74, 6) is 0. The minimum Gasteiger partial charge on any atom is -0.379 e. The number of morpholine rings is 1. The Morgan fingerprint density at radius 3 is 2.76 bits per heavy atom. The van der Waals surface area contributed by atoms with Crippen molar-refractivity contribution in [3.05, 3.63) is 0 Å². The van der Waals surface area contributed by atoms with Gasteiger partial charge in [0.1, 0.15) is 0 Å². The molecule has 4 heteroatoms. The summed E-state index contributed by atoms with van der Waals surface area (Å²) in [5.41, 5.74) is 5.62. The Kier molecular flexibility index (Phi) is 5.86. The Morgan fingerprint density at radius 2 is 2.18 bits per heavy atom. The molecule has 0 aromatic heterocycles. The predicted octanol–water partition coefficient (Wildman–Crippen LogP) is 1.24. The lowest BCUT2D eigenvalue weighted by molar-refractivity contribution is -0.132. The van der Waals surface area contributed by atoms with Gasteiger partial charge < -0.3 is 15.2 Å². The highest BCUT2D eigenvalue weighted by Gasteiger charge is 2.32. The molecular formula is C13H28N2O2. The van der Waals surface area contributed by atoms with E-state index in [-0.39, 0.29) is 11.7 Å². The van der Waals surface area contributed by atoms with Gasteiger partial charge in [-0.2, -0.15) is 0 Å². The molecule has 2 N–H and O–H groups in total. The smallest absolute Gasteiger partial charge is 0.0831 e. The molecule has 0 radical (unpaired) electrons. The lowest BCUT2D eigenvalue weighted by atomic mass is 10.0. The van der Waals surface area contributed by atoms with Crippen LogP contribution in [-0.2, 0) is 9.47 Å². The van der Waals surface area contributed by atoms with E-state index in [1.54, 1.807) is 0 Å². The lowest BCUT2D eigenvalue weighted by Crippen LogP contribution is -2.54. The molecule has 1 aliphatic rings. The van der Waals surface area contributed by atoms with E-state index in [0.717, 1.165) is 32.7 Å². The van der Waals surface area contributed by atoms with E-state index in [9.17, 15) is 0 Å². The molecule has 1 unspecified atom stereocenters. The van der Waals surface area contributed by atoms with E-state index >= 15 is 0 Å². The summed E-state index contributed by atoms with van der Waals surface area (Å²) in [6, 6.07) is 0. The fraction of sp³-hybridized carbons (Fsp3) is 1.00. The van der Waals surface area contributed by atoms with Gasteiger partial charge in [-0.3, -0.25) is 4.90 Å². The van der Waals surface area contributed by atoms with Crippen LogP contribution in [0.15, 0.2) is 0 Å². The molecule has 1 atom stereocenters. The molecule has 0 amide bonds. The van der Waals surface area contributed by atoms with Crippen molar-refractivity contribution in [2.75, 3.05) is 32.8 Å². The van der Waals surface area contributed by atoms with Crippen molar-refractivity contribution in [2.45, 2.75) is 51.9 Å². The maximum absolute atomic E-state index is 5.90. The van der Waals surface area contributed by atoms with Crippen molar-refractivity contribution in [2.24, 2.45) is 5.73 Å². The van der Waals surface area contributed by atoms with Crippen LogP contribution in [0.3, 0.4) is 0 Å². The van der Waals surface area contributed by atoms with Gasteiger partial charge in [-0.15, -0.1) is 0 Å². The van der Waals surface area contributed by atoms with Gasteiger partial charge in [-0.1, -0.05) is 0 Å². The van der Waals surface area contributed by atoms with Crippen LogP contribution in [-0.4, -0.2) is 55.5 Å². The highest BCUT2D eigenvalue weighted by atomic mass is 16.5. The number of hydrogen-bond acceptors (Lipinski definition) is 4. The molecule has 1 saturated heterocycles. The van der Waals surface area contributed by atoms with E-state index in [4.69, 9.17) is 15.2 Å². The van der Waals surface area contributed by atoms with Gasteiger partial charge in [-0.05, 0) is 34.1 Å². The number of nitrogens with zero attached hydrogens (tertiary/aromatic N) is 1. The van der Waals surface area contributed by atoms with Crippen molar-refractivity contribution in [3.8, 4) is 0 Å². The molecule has 0 aliphatic carbocycles. The second-order valence-electron chi connectivity index (χ2n) is 5.74. The van der Waals surface area contributed by atoms with E-state index < -0.39 is 0 Å². The van der Waals surface area contributed by atoms with Gasteiger partial charge in [0.05, 0.1) is 17.8 Å². The highest BCUT2D eigenvalue weighted by Crippen LogP contribution is 2.20. The van der Waals surface area contributed by atoms with Crippen LogP contribution >= 0.6 is 0 Å². The molecule has 102 valence electrons. The molecule has 0 aromatic carbocycles. The van der Waals surface area contributed by atoms with Gasteiger partial charge in [0.2, 0.25) is 0 Å². The molecule has 0 bridgehead atoms. The van der Waals surface area contributed by atoms with Crippen molar-refractivity contribution in [3.63, 3.8) is 0 Å². The molecule has 17 heavy (non-hydrogen) atoms. The topological polar surface area (TPSA) is 47.7 Å². The summed E-state index contributed by atoms with van der Waals surface area (Å²) in [5, 5.41) is 0. The van der Waals surface area contributed by atoms with E-state index in [0.29, 0.717) is 12.6 Å². The summed E-state index contributed by atoms with van der Waals surface area (Å²) >= 11 is 0. The summed E-state index contributed by atoms with van der Waals surface area (Å²) in [4.78, 5) is 2.44. The Bertz CT molecular complexity index is 219. The molecule has 1 heterocycles. The molecular weight excluding hydrogens is 216 g/mol. The largest absolute Gasteiger partial charge is 0.379 e. The predicted molar refractivity (Wildman–Crippen MR) is 70.2 cm³/mol. The normalized spacial score (nSPS) is 25.4. The molecule has 0 aromatic rings. The van der Waals surface area contributed by atoms with Gasteiger partial charge in [0.25, 0.3) is 0 Å². The van der Waals surface area contributed by atoms with Crippen LogP contribution in [0.2, 0.25) is 0 Å². The van der Waals surface area contributed by atoms with Crippen molar-refractivity contribution in [1.82, 2.24) is 4.90 Å². The molecule has 1 rings (SSSR count). The fourth-order valence-electron chi connectivity index (χ4n) is 2.32. The van der Waals surface area contributed by atoms with Crippen molar-refractivity contribution in [1.29, 1.82) is 0 Å². The van der Waals surface area contributed by atoms with Crippen LogP contribution < -0.4 is 5.73 Å². The van der Waals surface area contributed by atoms with Crippen LogP contribution in [0, 0.1) is 0 Å². The maximum Gasteiger partial charge on any atom is 0.0831 e. The summed E-state index contributed by atoms with van der Waals surface area (Å²) in [6.45, 7) is 12.8. The van der Waals surface area contributed by atoms with Crippen LogP contribution in [0.5, 0.6) is 0 Å². The second-order valence-corrected chi connectivity index (χ2v) is 5.74. The van der Waals surface area contributed by atoms with Crippen molar-refractivity contribution < 1.29 is 9.47 Å². The zero-order valence-electron chi connectivity index (χ0n) is 11.7. The number of hydrogen-bond donors (Lipinski definition) is 1. The first kappa shape index (κ1) is 14.9. The Balaban J connectivity index is 2.27. The Hall–Kier alpha value is -0.160. The van der Waals surface area contributed by atoms with Gasteiger partial charge in [-0.25, -0.2) is 0 Å². The summed E-state index contributed by atoms with van der Waals surface area (Å²) < 4.78 is 11.5. The number of ether oxygens (including phenoxy) is 2. The van der Waals surface area contributed by atoms with Gasteiger partial charge in [0, 0.05) is 32.8 Å². The fourth-order valence-corrected chi connectivity index (χ4v) is 2.32. The zero-order chi connectivity index (χ0) is 12.9. The monoisotopic (exact) mass is 244 g/mol. The quantitative estimate of drug-likeness (QED) is 0.714. The molecule has 0 saturated carbocycles. The summed E-state index contributed by atoms with van der Waals surface area (Å²) in [7, 11) is 0. The average Bonchev–Trinajstić information content (AvgIpc) is 2.22. The van der Waals surface area contributed by atoms with E-state index in [2.05, 4.69) is 32.6 Å². The molecule has 1 fully saturated rings.